The van der Waals surface area contributed by atoms with Crippen molar-refractivity contribution in [2.45, 2.75) is 19.8 Å². The van der Waals surface area contributed by atoms with E-state index in [2.05, 4.69) is 37.3 Å². The molecule has 0 saturated heterocycles. The van der Waals surface area contributed by atoms with Crippen molar-refractivity contribution in [1.29, 1.82) is 0 Å². The van der Waals surface area contributed by atoms with Gasteiger partial charge in [-0.1, -0.05) is 55.5 Å². The van der Waals surface area contributed by atoms with Crippen molar-refractivity contribution in [2.24, 2.45) is 5.92 Å². The van der Waals surface area contributed by atoms with Crippen molar-refractivity contribution in [3.05, 3.63) is 66.2 Å². The monoisotopic (exact) mass is 240 g/mol. The summed E-state index contributed by atoms with van der Waals surface area (Å²) in [6, 6.07) is 20.7. The Bertz CT molecular complexity index is 436. The summed E-state index contributed by atoms with van der Waals surface area (Å²) in [5, 5.41) is 0. The first-order valence-electron chi connectivity index (χ1n) is 6.56. The van der Waals surface area contributed by atoms with Crippen molar-refractivity contribution in [3.8, 4) is 5.75 Å². The molecule has 0 bridgehead atoms. The number of para-hydroxylation sites is 1. The molecule has 18 heavy (non-hydrogen) atoms. The first kappa shape index (κ1) is 12.7. The van der Waals surface area contributed by atoms with Crippen molar-refractivity contribution in [2.75, 3.05) is 6.61 Å². The van der Waals surface area contributed by atoms with Gasteiger partial charge >= 0.3 is 0 Å². The van der Waals surface area contributed by atoms with Crippen LogP contribution in [0.5, 0.6) is 5.75 Å². The third-order valence-corrected chi connectivity index (χ3v) is 3.05. The largest absolute Gasteiger partial charge is 0.494 e. The zero-order valence-electron chi connectivity index (χ0n) is 10.9. The molecule has 1 atom stereocenters. The Kier molecular flexibility index (Phi) is 4.83. The van der Waals surface area contributed by atoms with Gasteiger partial charge in [-0.3, -0.25) is 0 Å². The highest BCUT2D eigenvalue weighted by atomic mass is 16.5. The second-order valence-electron chi connectivity index (χ2n) is 4.75. The van der Waals surface area contributed by atoms with Crippen LogP contribution in [0.2, 0.25) is 0 Å². The quantitative estimate of drug-likeness (QED) is 0.730. The van der Waals surface area contributed by atoms with Crippen LogP contribution in [0.25, 0.3) is 0 Å². The van der Waals surface area contributed by atoms with Crippen LogP contribution in [0.3, 0.4) is 0 Å². The van der Waals surface area contributed by atoms with E-state index in [0.717, 1.165) is 25.2 Å². The third-order valence-electron chi connectivity index (χ3n) is 3.05. The van der Waals surface area contributed by atoms with E-state index in [1.165, 1.54) is 5.56 Å². The second-order valence-corrected chi connectivity index (χ2v) is 4.75. The smallest absolute Gasteiger partial charge is 0.119 e. The van der Waals surface area contributed by atoms with Gasteiger partial charge in [0, 0.05) is 0 Å². The molecule has 0 N–H and O–H groups in total. The van der Waals surface area contributed by atoms with E-state index in [-0.39, 0.29) is 0 Å². The maximum absolute atomic E-state index is 5.71. The lowest BCUT2D eigenvalue weighted by molar-refractivity contribution is 0.283. The first-order chi connectivity index (χ1) is 8.84. The molecule has 94 valence electrons. The van der Waals surface area contributed by atoms with Gasteiger partial charge in [0.1, 0.15) is 5.75 Å². The Hall–Kier alpha value is -1.76. The fourth-order valence-electron chi connectivity index (χ4n) is 2.01. The van der Waals surface area contributed by atoms with E-state index >= 15 is 0 Å². The fourth-order valence-corrected chi connectivity index (χ4v) is 2.01. The summed E-state index contributed by atoms with van der Waals surface area (Å²) in [5.41, 5.74) is 1.41. The van der Waals surface area contributed by atoms with Gasteiger partial charge in [-0.05, 0) is 36.5 Å². The lowest BCUT2D eigenvalue weighted by Gasteiger charge is -2.12. The van der Waals surface area contributed by atoms with E-state index in [1.807, 2.05) is 30.3 Å². The number of hydrogen-bond acceptors (Lipinski definition) is 1. The SMILES string of the molecule is CC(CCOc1ccccc1)Cc1ccccc1. The molecule has 0 aliphatic heterocycles. The van der Waals surface area contributed by atoms with E-state index < -0.39 is 0 Å². The molecule has 0 aromatic heterocycles. The lowest BCUT2D eigenvalue weighted by atomic mass is 9.99. The molecular weight excluding hydrogens is 220 g/mol. The Morgan fingerprint density at radius 1 is 0.889 bits per heavy atom. The summed E-state index contributed by atoms with van der Waals surface area (Å²) >= 11 is 0. The molecule has 0 radical (unpaired) electrons. The molecule has 1 unspecified atom stereocenters. The summed E-state index contributed by atoms with van der Waals surface area (Å²) in [4.78, 5) is 0. The van der Waals surface area contributed by atoms with E-state index in [0.29, 0.717) is 5.92 Å². The molecule has 1 heteroatoms. The first-order valence-corrected chi connectivity index (χ1v) is 6.56. The van der Waals surface area contributed by atoms with Crippen LogP contribution in [0.15, 0.2) is 60.7 Å². The van der Waals surface area contributed by atoms with Crippen LogP contribution in [-0.4, -0.2) is 6.61 Å². The van der Waals surface area contributed by atoms with E-state index in [4.69, 9.17) is 4.74 Å². The van der Waals surface area contributed by atoms with Crippen LogP contribution < -0.4 is 4.74 Å². The van der Waals surface area contributed by atoms with Gasteiger partial charge in [0.05, 0.1) is 6.61 Å². The molecule has 2 aromatic carbocycles. The van der Waals surface area contributed by atoms with Gasteiger partial charge in [-0.2, -0.15) is 0 Å². The highest BCUT2D eigenvalue weighted by molar-refractivity contribution is 5.20. The minimum absolute atomic E-state index is 0.649. The second kappa shape index (κ2) is 6.85. The molecular formula is C17H20O. The van der Waals surface area contributed by atoms with Crippen molar-refractivity contribution >= 4 is 0 Å². The average Bonchev–Trinajstić information content (AvgIpc) is 2.41. The van der Waals surface area contributed by atoms with Crippen molar-refractivity contribution < 1.29 is 4.74 Å². The highest BCUT2D eigenvalue weighted by Crippen LogP contribution is 2.13. The molecule has 0 aliphatic rings. The molecule has 1 nitrogen and oxygen atoms in total. The van der Waals surface area contributed by atoms with Gasteiger partial charge in [-0.25, -0.2) is 0 Å². The normalized spacial score (nSPS) is 12.1. The maximum Gasteiger partial charge on any atom is 0.119 e. The standard InChI is InChI=1S/C17H20O/c1-15(14-16-8-4-2-5-9-16)12-13-18-17-10-6-3-7-11-17/h2-11,15H,12-14H2,1H3. The Morgan fingerprint density at radius 2 is 1.50 bits per heavy atom. The van der Waals surface area contributed by atoms with E-state index in [1.54, 1.807) is 0 Å². The highest BCUT2D eigenvalue weighted by Gasteiger charge is 2.03. The number of rotatable bonds is 6. The minimum Gasteiger partial charge on any atom is -0.494 e. The summed E-state index contributed by atoms with van der Waals surface area (Å²) in [7, 11) is 0. The van der Waals surface area contributed by atoms with Gasteiger partial charge < -0.3 is 4.74 Å². The van der Waals surface area contributed by atoms with Gasteiger partial charge in [0.25, 0.3) is 0 Å². The van der Waals surface area contributed by atoms with Gasteiger partial charge in [-0.15, -0.1) is 0 Å². The molecule has 0 saturated carbocycles. The van der Waals surface area contributed by atoms with Gasteiger partial charge in [0.15, 0.2) is 0 Å². The maximum atomic E-state index is 5.71. The van der Waals surface area contributed by atoms with E-state index in [9.17, 15) is 0 Å². The molecule has 0 aliphatic carbocycles. The summed E-state index contributed by atoms with van der Waals surface area (Å²) in [5.74, 6) is 1.61. The Balaban J connectivity index is 1.71. The van der Waals surface area contributed by atoms with Crippen LogP contribution in [-0.2, 0) is 6.42 Å². The molecule has 0 fully saturated rings. The van der Waals surface area contributed by atoms with Crippen molar-refractivity contribution in [1.82, 2.24) is 0 Å². The topological polar surface area (TPSA) is 9.23 Å². The molecule has 0 spiro atoms. The molecule has 2 aromatic rings. The van der Waals surface area contributed by atoms with Crippen LogP contribution in [0.1, 0.15) is 18.9 Å². The number of benzene rings is 2. The van der Waals surface area contributed by atoms with Crippen LogP contribution in [0.4, 0.5) is 0 Å². The predicted octanol–water partition coefficient (Wildman–Crippen LogP) is 4.33. The number of hydrogen-bond donors (Lipinski definition) is 0. The molecule has 0 heterocycles. The fraction of sp³-hybridized carbons (Fsp3) is 0.294. The summed E-state index contributed by atoms with van der Waals surface area (Å²) < 4.78 is 5.71. The lowest BCUT2D eigenvalue weighted by Crippen LogP contribution is -2.06. The van der Waals surface area contributed by atoms with Crippen LogP contribution >= 0.6 is 0 Å². The van der Waals surface area contributed by atoms with Gasteiger partial charge in [0.2, 0.25) is 0 Å². The summed E-state index contributed by atoms with van der Waals surface area (Å²) in [6.45, 7) is 3.07. The number of ether oxygens (including phenoxy) is 1. The van der Waals surface area contributed by atoms with Crippen LogP contribution in [0, 0.1) is 5.92 Å². The predicted molar refractivity (Wildman–Crippen MR) is 75.9 cm³/mol. The zero-order valence-corrected chi connectivity index (χ0v) is 10.9. The Morgan fingerprint density at radius 3 is 2.17 bits per heavy atom. The summed E-state index contributed by atoms with van der Waals surface area (Å²) in [6.07, 6.45) is 2.21. The third kappa shape index (κ3) is 4.25. The molecule has 0 amide bonds. The minimum atomic E-state index is 0.649. The molecule has 2 rings (SSSR count). The zero-order chi connectivity index (χ0) is 12.6. The average molecular weight is 240 g/mol. The van der Waals surface area contributed by atoms with Crippen molar-refractivity contribution in [3.63, 3.8) is 0 Å². The Labute approximate surface area is 109 Å².